The molecule has 2 atom stereocenters. The minimum Gasteiger partial charge on any atom is -0.347 e. The van der Waals surface area contributed by atoms with Gasteiger partial charge in [0, 0.05) is 18.5 Å². The van der Waals surface area contributed by atoms with E-state index in [1.807, 2.05) is 0 Å². The van der Waals surface area contributed by atoms with Gasteiger partial charge in [-0.05, 0) is 18.8 Å². The van der Waals surface area contributed by atoms with E-state index in [1.54, 1.807) is 11.3 Å². The molecule has 15 heavy (non-hydrogen) atoms. The van der Waals surface area contributed by atoms with Gasteiger partial charge in [-0.25, -0.2) is 4.98 Å². The topological polar surface area (TPSA) is 16.1 Å². The highest BCUT2D eigenvalue weighted by atomic mass is 35.5. The first-order valence-corrected chi connectivity index (χ1v) is 6.85. The molecule has 1 saturated heterocycles. The molecule has 1 fully saturated rings. The van der Waals surface area contributed by atoms with Crippen molar-refractivity contribution < 1.29 is 0 Å². The molecule has 0 spiro atoms. The van der Waals surface area contributed by atoms with E-state index in [0.717, 1.165) is 24.6 Å². The molecule has 1 aliphatic heterocycles. The number of hydrogen-bond donors (Lipinski definition) is 0. The number of anilines is 1. The van der Waals surface area contributed by atoms with Crippen LogP contribution < -0.4 is 4.90 Å². The van der Waals surface area contributed by atoms with E-state index in [2.05, 4.69) is 29.1 Å². The molecule has 2 heterocycles. The van der Waals surface area contributed by atoms with Crippen LogP contribution in [0.15, 0.2) is 5.38 Å². The Bertz CT molecular complexity index is 326. The summed E-state index contributed by atoms with van der Waals surface area (Å²) in [6.45, 7) is 6.41. The molecular formula is C11H17ClN2S. The molecule has 0 bridgehead atoms. The maximum Gasteiger partial charge on any atom is 0.185 e. The van der Waals surface area contributed by atoms with Crippen LogP contribution in [-0.2, 0) is 6.42 Å². The molecule has 1 aliphatic rings. The van der Waals surface area contributed by atoms with Crippen molar-refractivity contribution >= 4 is 28.1 Å². The second-order valence-corrected chi connectivity index (χ2v) is 5.60. The smallest absolute Gasteiger partial charge is 0.185 e. The predicted molar refractivity (Wildman–Crippen MR) is 67.1 cm³/mol. The molecule has 1 aromatic rings. The first kappa shape index (κ1) is 11.2. The SMILES string of the molecule is CCc1csc(N2CCC(C)C(Cl)C2)n1. The highest BCUT2D eigenvalue weighted by Crippen LogP contribution is 2.28. The molecule has 1 aromatic heterocycles. The molecule has 0 radical (unpaired) electrons. The summed E-state index contributed by atoms with van der Waals surface area (Å²) in [6.07, 6.45) is 2.19. The van der Waals surface area contributed by atoms with Gasteiger partial charge in [0.2, 0.25) is 0 Å². The largest absolute Gasteiger partial charge is 0.347 e. The number of piperidine rings is 1. The zero-order valence-electron chi connectivity index (χ0n) is 9.24. The molecule has 0 amide bonds. The average Bonchev–Trinajstić information content (AvgIpc) is 2.70. The maximum atomic E-state index is 6.29. The number of nitrogens with zero attached hydrogens (tertiary/aromatic N) is 2. The number of aryl methyl sites for hydroxylation is 1. The third-order valence-electron chi connectivity index (χ3n) is 3.04. The zero-order valence-corrected chi connectivity index (χ0v) is 10.8. The van der Waals surface area contributed by atoms with Gasteiger partial charge in [0.15, 0.2) is 5.13 Å². The van der Waals surface area contributed by atoms with Gasteiger partial charge in [-0.1, -0.05) is 13.8 Å². The van der Waals surface area contributed by atoms with E-state index in [1.165, 1.54) is 12.1 Å². The summed E-state index contributed by atoms with van der Waals surface area (Å²) in [5, 5.41) is 3.56. The van der Waals surface area contributed by atoms with Crippen molar-refractivity contribution in [3.05, 3.63) is 11.1 Å². The Morgan fingerprint density at radius 2 is 2.47 bits per heavy atom. The van der Waals surface area contributed by atoms with Gasteiger partial charge in [-0.15, -0.1) is 22.9 Å². The molecule has 2 unspecified atom stereocenters. The number of hydrogen-bond acceptors (Lipinski definition) is 3. The summed E-state index contributed by atoms with van der Waals surface area (Å²) in [5.41, 5.74) is 1.19. The monoisotopic (exact) mass is 244 g/mol. The zero-order chi connectivity index (χ0) is 10.8. The number of alkyl halides is 1. The quantitative estimate of drug-likeness (QED) is 0.743. The van der Waals surface area contributed by atoms with Crippen LogP contribution in [0.25, 0.3) is 0 Å². The molecule has 2 nitrogen and oxygen atoms in total. The molecule has 84 valence electrons. The Morgan fingerprint density at radius 3 is 3.07 bits per heavy atom. The number of thiazole rings is 1. The second kappa shape index (κ2) is 4.71. The van der Waals surface area contributed by atoms with Crippen molar-refractivity contribution in [3.63, 3.8) is 0 Å². The van der Waals surface area contributed by atoms with Gasteiger partial charge < -0.3 is 4.90 Å². The maximum absolute atomic E-state index is 6.29. The summed E-state index contributed by atoms with van der Waals surface area (Å²) in [5.74, 6) is 0.633. The van der Waals surface area contributed by atoms with Crippen LogP contribution in [0, 0.1) is 5.92 Å². The van der Waals surface area contributed by atoms with Crippen molar-refractivity contribution in [1.82, 2.24) is 4.98 Å². The Hall–Kier alpha value is -0.280. The Kier molecular flexibility index (Phi) is 3.52. The molecule has 4 heteroatoms. The predicted octanol–water partition coefficient (Wildman–Crippen LogP) is 3.16. The number of halogens is 1. The lowest BCUT2D eigenvalue weighted by Gasteiger charge is -2.33. The highest BCUT2D eigenvalue weighted by molar-refractivity contribution is 7.13. The van der Waals surface area contributed by atoms with Crippen LogP contribution in [0.4, 0.5) is 5.13 Å². The third-order valence-corrected chi connectivity index (χ3v) is 4.56. The van der Waals surface area contributed by atoms with Gasteiger partial charge in [0.05, 0.1) is 11.1 Å². The molecule has 2 rings (SSSR count). The number of rotatable bonds is 2. The lowest BCUT2D eigenvalue weighted by Crippen LogP contribution is -2.40. The van der Waals surface area contributed by atoms with E-state index in [0.29, 0.717) is 5.92 Å². The minimum absolute atomic E-state index is 0.271. The number of aromatic nitrogens is 1. The van der Waals surface area contributed by atoms with Crippen LogP contribution in [0.5, 0.6) is 0 Å². The molecule has 0 N–H and O–H groups in total. The fraction of sp³-hybridized carbons (Fsp3) is 0.727. The fourth-order valence-corrected chi connectivity index (χ4v) is 3.04. The summed E-state index contributed by atoms with van der Waals surface area (Å²) < 4.78 is 0. The fourth-order valence-electron chi connectivity index (χ4n) is 1.80. The first-order chi connectivity index (χ1) is 7.20. The molecule has 0 aliphatic carbocycles. The van der Waals surface area contributed by atoms with Crippen LogP contribution in [-0.4, -0.2) is 23.5 Å². The van der Waals surface area contributed by atoms with E-state index in [9.17, 15) is 0 Å². The van der Waals surface area contributed by atoms with Crippen LogP contribution in [0.3, 0.4) is 0 Å². The van der Waals surface area contributed by atoms with E-state index in [4.69, 9.17) is 11.6 Å². The van der Waals surface area contributed by atoms with Crippen molar-refractivity contribution in [2.75, 3.05) is 18.0 Å². The van der Waals surface area contributed by atoms with Gasteiger partial charge in [0.25, 0.3) is 0 Å². The average molecular weight is 245 g/mol. The third kappa shape index (κ3) is 2.45. The van der Waals surface area contributed by atoms with Gasteiger partial charge in [-0.3, -0.25) is 0 Å². The van der Waals surface area contributed by atoms with Crippen molar-refractivity contribution in [3.8, 4) is 0 Å². The van der Waals surface area contributed by atoms with E-state index >= 15 is 0 Å². The normalized spacial score (nSPS) is 27.0. The Morgan fingerprint density at radius 1 is 1.67 bits per heavy atom. The van der Waals surface area contributed by atoms with Crippen molar-refractivity contribution in [2.45, 2.75) is 32.1 Å². The van der Waals surface area contributed by atoms with Crippen LogP contribution >= 0.6 is 22.9 Å². The molecule has 0 aromatic carbocycles. The molecule has 0 saturated carbocycles. The highest BCUT2D eigenvalue weighted by Gasteiger charge is 2.25. The van der Waals surface area contributed by atoms with Gasteiger partial charge >= 0.3 is 0 Å². The van der Waals surface area contributed by atoms with Gasteiger partial charge in [-0.2, -0.15) is 0 Å². The lowest BCUT2D eigenvalue weighted by atomic mass is 9.99. The summed E-state index contributed by atoms with van der Waals surface area (Å²) in [7, 11) is 0. The van der Waals surface area contributed by atoms with Crippen LogP contribution in [0.2, 0.25) is 0 Å². The summed E-state index contributed by atoms with van der Waals surface area (Å²) in [6, 6.07) is 0. The Labute approximate surface area is 100 Å². The Balaban J connectivity index is 2.05. The van der Waals surface area contributed by atoms with Crippen molar-refractivity contribution in [1.29, 1.82) is 0 Å². The molecular weight excluding hydrogens is 228 g/mol. The van der Waals surface area contributed by atoms with E-state index in [-0.39, 0.29) is 5.38 Å². The lowest BCUT2D eigenvalue weighted by molar-refractivity contribution is 0.445. The van der Waals surface area contributed by atoms with E-state index < -0.39 is 0 Å². The standard InChI is InChI=1S/C11H17ClN2S/c1-3-9-7-15-11(13-9)14-5-4-8(2)10(12)6-14/h7-8,10H,3-6H2,1-2H3. The van der Waals surface area contributed by atoms with Crippen LogP contribution in [0.1, 0.15) is 26.0 Å². The minimum atomic E-state index is 0.271. The summed E-state index contributed by atoms with van der Waals surface area (Å²) in [4.78, 5) is 6.92. The summed E-state index contributed by atoms with van der Waals surface area (Å²) >= 11 is 8.03. The first-order valence-electron chi connectivity index (χ1n) is 5.54. The second-order valence-electron chi connectivity index (χ2n) is 4.20. The van der Waals surface area contributed by atoms with Gasteiger partial charge in [0.1, 0.15) is 0 Å². The van der Waals surface area contributed by atoms with Crippen molar-refractivity contribution in [2.24, 2.45) is 5.92 Å².